The van der Waals surface area contributed by atoms with Gasteiger partial charge >= 0.3 is 0 Å². The fourth-order valence-corrected chi connectivity index (χ4v) is 6.48. The van der Waals surface area contributed by atoms with Crippen LogP contribution in [0.5, 0.6) is 0 Å². The SMILES string of the molecule is CCC1CCCCC1(CCNCC1CCC1)c1cc2nc(N)sc2cc1C. The Morgan fingerprint density at radius 1 is 1.22 bits per heavy atom. The minimum atomic E-state index is 0.302. The molecule has 2 saturated carbocycles. The van der Waals surface area contributed by atoms with Crippen LogP contribution in [-0.4, -0.2) is 18.1 Å². The van der Waals surface area contributed by atoms with Gasteiger partial charge < -0.3 is 11.1 Å². The van der Waals surface area contributed by atoms with Crippen LogP contribution in [0.4, 0.5) is 5.13 Å². The van der Waals surface area contributed by atoms with Crippen LogP contribution in [-0.2, 0) is 5.41 Å². The van der Waals surface area contributed by atoms with Crippen molar-refractivity contribution >= 4 is 26.7 Å². The van der Waals surface area contributed by atoms with Crippen LogP contribution >= 0.6 is 11.3 Å². The number of hydrogen-bond donors (Lipinski definition) is 2. The van der Waals surface area contributed by atoms with Crippen LogP contribution in [0.1, 0.15) is 75.8 Å². The summed E-state index contributed by atoms with van der Waals surface area (Å²) in [6.45, 7) is 7.05. The predicted octanol–water partition coefficient (Wildman–Crippen LogP) is 5.80. The Balaban J connectivity index is 1.63. The summed E-state index contributed by atoms with van der Waals surface area (Å²) in [7, 11) is 0. The van der Waals surface area contributed by atoms with Crippen LogP contribution in [0, 0.1) is 18.8 Å². The molecule has 4 heteroatoms. The molecule has 3 N–H and O–H groups in total. The highest BCUT2D eigenvalue weighted by Gasteiger charge is 2.41. The molecule has 27 heavy (non-hydrogen) atoms. The zero-order valence-corrected chi connectivity index (χ0v) is 17.8. The Morgan fingerprint density at radius 3 is 2.81 bits per heavy atom. The Morgan fingerprint density at radius 2 is 2.07 bits per heavy atom. The first kappa shape index (κ1) is 19.2. The number of aryl methyl sites for hydroxylation is 1. The van der Waals surface area contributed by atoms with Gasteiger partial charge in [0.25, 0.3) is 0 Å². The van der Waals surface area contributed by atoms with E-state index in [4.69, 9.17) is 5.73 Å². The Bertz CT molecular complexity index is 779. The molecule has 2 aromatic rings. The van der Waals surface area contributed by atoms with E-state index in [9.17, 15) is 0 Å². The van der Waals surface area contributed by atoms with Crippen molar-refractivity contribution in [1.29, 1.82) is 0 Å². The molecular formula is C23H35N3S. The first-order chi connectivity index (χ1) is 13.1. The van der Waals surface area contributed by atoms with Gasteiger partial charge in [-0.1, -0.05) is 43.9 Å². The number of aromatic nitrogens is 1. The van der Waals surface area contributed by atoms with Gasteiger partial charge in [0.1, 0.15) is 0 Å². The fourth-order valence-electron chi connectivity index (χ4n) is 5.67. The maximum atomic E-state index is 6.00. The third-order valence-corrected chi connectivity index (χ3v) is 8.24. The lowest BCUT2D eigenvalue weighted by Gasteiger charge is -2.46. The van der Waals surface area contributed by atoms with E-state index in [1.54, 1.807) is 16.9 Å². The first-order valence-corrected chi connectivity index (χ1v) is 11.8. The fraction of sp³-hybridized carbons (Fsp3) is 0.696. The molecule has 0 bridgehead atoms. The largest absolute Gasteiger partial charge is 0.375 e. The quantitative estimate of drug-likeness (QED) is 0.592. The van der Waals surface area contributed by atoms with E-state index in [0.29, 0.717) is 10.5 Å². The van der Waals surface area contributed by atoms with Gasteiger partial charge in [0, 0.05) is 0 Å². The van der Waals surface area contributed by atoms with Crippen molar-refractivity contribution in [2.24, 2.45) is 11.8 Å². The van der Waals surface area contributed by atoms with E-state index >= 15 is 0 Å². The number of rotatable bonds is 7. The Kier molecular flexibility index (Phi) is 5.75. The Hall–Kier alpha value is -1.13. The van der Waals surface area contributed by atoms with Gasteiger partial charge in [-0.3, -0.25) is 0 Å². The monoisotopic (exact) mass is 385 g/mol. The standard InChI is InChI=1S/C23H35N3S/c1-3-18-9-4-5-10-23(18,11-12-25-15-17-7-6-8-17)19-14-20-21(13-16(19)2)27-22(24)26-20/h13-14,17-18,25H,3-12,15H2,1-2H3,(H2,24,26). The number of thiazole rings is 1. The maximum Gasteiger partial charge on any atom is 0.181 e. The first-order valence-electron chi connectivity index (χ1n) is 11.0. The molecule has 0 saturated heterocycles. The van der Waals surface area contributed by atoms with Crippen molar-refractivity contribution in [1.82, 2.24) is 10.3 Å². The summed E-state index contributed by atoms with van der Waals surface area (Å²) in [4.78, 5) is 4.61. The van der Waals surface area contributed by atoms with E-state index < -0.39 is 0 Å². The van der Waals surface area contributed by atoms with Gasteiger partial charge in [0.15, 0.2) is 5.13 Å². The molecule has 2 atom stereocenters. The molecule has 0 spiro atoms. The molecule has 1 heterocycles. The molecule has 1 aromatic heterocycles. The van der Waals surface area contributed by atoms with Gasteiger partial charge in [0.05, 0.1) is 10.2 Å². The number of anilines is 1. The Labute approximate surface area is 168 Å². The van der Waals surface area contributed by atoms with Crippen molar-refractivity contribution in [2.45, 2.75) is 77.0 Å². The number of nitrogens with one attached hydrogen (secondary N) is 1. The molecule has 148 valence electrons. The van der Waals surface area contributed by atoms with E-state index in [1.807, 2.05) is 0 Å². The average molecular weight is 386 g/mol. The molecule has 0 aliphatic heterocycles. The van der Waals surface area contributed by atoms with Gasteiger partial charge in [-0.15, -0.1) is 0 Å². The van der Waals surface area contributed by atoms with Crippen molar-refractivity contribution in [3.8, 4) is 0 Å². The molecule has 2 aliphatic carbocycles. The van der Waals surface area contributed by atoms with E-state index in [2.05, 4.69) is 36.3 Å². The number of nitrogens with two attached hydrogens (primary N) is 1. The molecule has 2 unspecified atom stereocenters. The van der Waals surface area contributed by atoms with Crippen molar-refractivity contribution in [2.75, 3.05) is 18.8 Å². The molecule has 0 amide bonds. The summed E-state index contributed by atoms with van der Waals surface area (Å²) in [6.07, 6.45) is 12.3. The summed E-state index contributed by atoms with van der Waals surface area (Å²) in [6, 6.07) is 4.72. The van der Waals surface area contributed by atoms with Gasteiger partial charge in [0.2, 0.25) is 0 Å². The van der Waals surface area contributed by atoms with Crippen molar-refractivity contribution in [3.05, 3.63) is 23.3 Å². The topological polar surface area (TPSA) is 50.9 Å². The van der Waals surface area contributed by atoms with Crippen molar-refractivity contribution < 1.29 is 0 Å². The zero-order valence-electron chi connectivity index (χ0n) is 17.0. The van der Waals surface area contributed by atoms with E-state index in [0.717, 1.165) is 23.9 Å². The van der Waals surface area contributed by atoms with Crippen LogP contribution in [0.2, 0.25) is 0 Å². The summed E-state index contributed by atoms with van der Waals surface area (Å²) in [5.41, 5.74) is 10.4. The average Bonchev–Trinajstić information content (AvgIpc) is 2.98. The number of nitrogen functional groups attached to an aromatic ring is 1. The van der Waals surface area contributed by atoms with Crippen molar-refractivity contribution in [3.63, 3.8) is 0 Å². The second-order valence-corrected chi connectivity index (χ2v) is 10.0. The summed E-state index contributed by atoms with van der Waals surface area (Å²) >= 11 is 1.62. The lowest BCUT2D eigenvalue weighted by atomic mass is 9.59. The zero-order chi connectivity index (χ0) is 18.9. The van der Waals surface area contributed by atoms with Gasteiger partial charge in [-0.25, -0.2) is 4.98 Å². The number of hydrogen-bond acceptors (Lipinski definition) is 4. The molecule has 2 fully saturated rings. The lowest BCUT2D eigenvalue weighted by molar-refractivity contribution is 0.162. The molecule has 1 aromatic carbocycles. The van der Waals surface area contributed by atoms with Crippen LogP contribution in [0.15, 0.2) is 12.1 Å². The minimum absolute atomic E-state index is 0.302. The second kappa shape index (κ2) is 8.08. The summed E-state index contributed by atoms with van der Waals surface area (Å²) in [5.74, 6) is 1.72. The summed E-state index contributed by atoms with van der Waals surface area (Å²) in [5, 5.41) is 4.49. The van der Waals surface area contributed by atoms with Gasteiger partial charge in [-0.2, -0.15) is 0 Å². The third kappa shape index (κ3) is 3.75. The molecule has 3 nitrogen and oxygen atoms in total. The van der Waals surface area contributed by atoms with Crippen LogP contribution in [0.25, 0.3) is 10.2 Å². The van der Waals surface area contributed by atoms with E-state index in [1.165, 1.54) is 74.6 Å². The number of nitrogens with zero attached hydrogens (tertiary/aromatic N) is 1. The lowest BCUT2D eigenvalue weighted by Crippen LogP contribution is -2.41. The number of fused-ring (bicyclic) bond motifs is 1. The van der Waals surface area contributed by atoms with Crippen LogP contribution < -0.4 is 11.1 Å². The molecule has 2 aliphatic rings. The third-order valence-electron chi connectivity index (χ3n) is 7.39. The highest BCUT2D eigenvalue weighted by atomic mass is 32.1. The minimum Gasteiger partial charge on any atom is -0.375 e. The number of benzene rings is 1. The van der Waals surface area contributed by atoms with E-state index in [-0.39, 0.29) is 0 Å². The smallest absolute Gasteiger partial charge is 0.181 e. The normalized spacial score (nSPS) is 26.4. The molecule has 0 radical (unpaired) electrons. The van der Waals surface area contributed by atoms with Crippen LogP contribution in [0.3, 0.4) is 0 Å². The highest BCUT2D eigenvalue weighted by Crippen LogP contribution is 2.49. The molecular weight excluding hydrogens is 350 g/mol. The molecule has 4 rings (SSSR count). The maximum absolute atomic E-state index is 6.00. The van der Waals surface area contributed by atoms with Gasteiger partial charge in [-0.05, 0) is 92.6 Å². The predicted molar refractivity (Wildman–Crippen MR) is 118 cm³/mol. The highest BCUT2D eigenvalue weighted by molar-refractivity contribution is 7.22. The summed E-state index contributed by atoms with van der Waals surface area (Å²) < 4.78 is 1.23. The second-order valence-electron chi connectivity index (χ2n) is 8.95.